The second-order valence-electron chi connectivity index (χ2n) is 7.04. The molecular formula is C17H23N5O4S. The van der Waals surface area contributed by atoms with E-state index in [2.05, 4.69) is 15.5 Å². The van der Waals surface area contributed by atoms with Gasteiger partial charge in [-0.1, -0.05) is 19.9 Å². The summed E-state index contributed by atoms with van der Waals surface area (Å²) < 4.78 is 30.7. The number of ether oxygens (including phenoxy) is 1. The minimum atomic E-state index is -3.06. The summed E-state index contributed by atoms with van der Waals surface area (Å²) in [6, 6.07) is 6.80. The van der Waals surface area contributed by atoms with Gasteiger partial charge in [-0.3, -0.25) is 4.79 Å². The molecule has 27 heavy (non-hydrogen) atoms. The van der Waals surface area contributed by atoms with E-state index in [0.717, 1.165) is 0 Å². The number of benzene rings is 1. The number of carbonyl (C=O) groups is 1. The van der Waals surface area contributed by atoms with E-state index >= 15 is 0 Å². The maximum absolute atomic E-state index is 12.7. The molecule has 1 saturated heterocycles. The van der Waals surface area contributed by atoms with Crippen molar-refractivity contribution in [2.24, 2.45) is 5.92 Å². The highest BCUT2D eigenvalue weighted by atomic mass is 32.2. The number of amides is 1. The highest BCUT2D eigenvalue weighted by Gasteiger charge is 2.34. The smallest absolute Gasteiger partial charge is 0.260 e. The first-order valence-electron chi connectivity index (χ1n) is 8.80. The van der Waals surface area contributed by atoms with Gasteiger partial charge in [-0.05, 0) is 34.9 Å². The summed E-state index contributed by atoms with van der Waals surface area (Å²) in [6.45, 7) is 4.36. The first kappa shape index (κ1) is 19.3. The fourth-order valence-electron chi connectivity index (χ4n) is 3.09. The Balaban J connectivity index is 1.66. The van der Waals surface area contributed by atoms with Crippen molar-refractivity contribution in [3.8, 4) is 11.4 Å². The molecular weight excluding hydrogens is 370 g/mol. The molecule has 10 heteroatoms. The fraction of sp³-hybridized carbons (Fsp3) is 0.529. The molecule has 0 radical (unpaired) electrons. The lowest BCUT2D eigenvalue weighted by molar-refractivity contribution is -0.135. The highest BCUT2D eigenvalue weighted by molar-refractivity contribution is 7.91. The maximum atomic E-state index is 12.7. The zero-order chi connectivity index (χ0) is 19.4. The molecule has 9 nitrogen and oxygen atoms in total. The van der Waals surface area contributed by atoms with E-state index in [0.29, 0.717) is 24.4 Å². The zero-order valence-corrected chi connectivity index (χ0v) is 16.2. The molecule has 0 saturated carbocycles. The first-order valence-corrected chi connectivity index (χ1v) is 10.6. The van der Waals surface area contributed by atoms with E-state index in [9.17, 15) is 13.2 Å². The summed E-state index contributed by atoms with van der Waals surface area (Å²) in [7, 11) is -3.06. The van der Waals surface area contributed by atoms with Crippen molar-refractivity contribution in [1.29, 1.82) is 0 Å². The van der Waals surface area contributed by atoms with E-state index in [1.807, 2.05) is 19.9 Å². The predicted molar refractivity (Wildman–Crippen MR) is 98.3 cm³/mol. The molecule has 1 unspecified atom stereocenters. The van der Waals surface area contributed by atoms with Crippen LogP contribution in [0.25, 0.3) is 5.69 Å². The summed E-state index contributed by atoms with van der Waals surface area (Å²) >= 11 is 0. The molecule has 2 heterocycles. The van der Waals surface area contributed by atoms with Crippen LogP contribution in [0.5, 0.6) is 5.75 Å². The van der Waals surface area contributed by atoms with Crippen molar-refractivity contribution in [2.45, 2.75) is 26.3 Å². The van der Waals surface area contributed by atoms with E-state index in [4.69, 9.17) is 4.74 Å². The Morgan fingerprint density at radius 2 is 2.22 bits per heavy atom. The Labute approximate surface area is 158 Å². The number of aromatic nitrogens is 4. The van der Waals surface area contributed by atoms with Crippen molar-refractivity contribution in [3.05, 3.63) is 30.6 Å². The topological polar surface area (TPSA) is 107 Å². The van der Waals surface area contributed by atoms with Gasteiger partial charge in [-0.25, -0.2) is 13.1 Å². The van der Waals surface area contributed by atoms with Crippen LogP contribution in [0, 0.1) is 5.92 Å². The monoisotopic (exact) mass is 393 g/mol. The number of tetrazole rings is 1. The van der Waals surface area contributed by atoms with Gasteiger partial charge < -0.3 is 9.64 Å². The van der Waals surface area contributed by atoms with Crippen LogP contribution in [0.3, 0.4) is 0 Å². The quantitative estimate of drug-likeness (QED) is 0.682. The van der Waals surface area contributed by atoms with Gasteiger partial charge in [0.25, 0.3) is 5.91 Å². The largest absolute Gasteiger partial charge is 0.484 e. The lowest BCUT2D eigenvalue weighted by atomic mass is 10.1. The summed E-state index contributed by atoms with van der Waals surface area (Å²) in [5.41, 5.74) is 0.714. The summed E-state index contributed by atoms with van der Waals surface area (Å²) in [4.78, 5) is 14.4. The van der Waals surface area contributed by atoms with Crippen LogP contribution in [-0.2, 0) is 14.6 Å². The molecule has 1 aliphatic rings. The van der Waals surface area contributed by atoms with Crippen LogP contribution in [0.15, 0.2) is 30.6 Å². The minimum absolute atomic E-state index is 0.0280. The van der Waals surface area contributed by atoms with Gasteiger partial charge in [-0.2, -0.15) is 0 Å². The molecule has 1 aromatic carbocycles. The number of carbonyl (C=O) groups excluding carboxylic acids is 1. The molecule has 1 atom stereocenters. The number of sulfone groups is 1. The molecule has 1 aliphatic heterocycles. The number of hydrogen-bond donors (Lipinski definition) is 0. The Hall–Kier alpha value is -2.49. The second-order valence-corrected chi connectivity index (χ2v) is 9.27. The van der Waals surface area contributed by atoms with Crippen LogP contribution >= 0.6 is 0 Å². The van der Waals surface area contributed by atoms with Crippen molar-refractivity contribution in [3.63, 3.8) is 0 Å². The molecule has 0 bridgehead atoms. The molecule has 1 amide bonds. The highest BCUT2D eigenvalue weighted by Crippen LogP contribution is 2.20. The van der Waals surface area contributed by atoms with Crippen molar-refractivity contribution in [2.75, 3.05) is 24.7 Å². The number of hydrogen-bond acceptors (Lipinski definition) is 7. The van der Waals surface area contributed by atoms with E-state index in [1.54, 1.807) is 23.1 Å². The lowest BCUT2D eigenvalue weighted by Crippen LogP contribution is -2.45. The molecule has 0 N–H and O–H groups in total. The van der Waals surface area contributed by atoms with Crippen LogP contribution in [0.2, 0.25) is 0 Å². The van der Waals surface area contributed by atoms with E-state index < -0.39 is 9.84 Å². The van der Waals surface area contributed by atoms with Gasteiger partial charge in [0.05, 0.1) is 17.2 Å². The van der Waals surface area contributed by atoms with Crippen LogP contribution < -0.4 is 4.74 Å². The molecule has 2 aromatic rings. The second kappa shape index (κ2) is 8.03. The summed E-state index contributed by atoms with van der Waals surface area (Å²) in [6.07, 6.45) is 1.95. The Morgan fingerprint density at radius 1 is 1.41 bits per heavy atom. The van der Waals surface area contributed by atoms with E-state index in [1.165, 1.54) is 11.0 Å². The average Bonchev–Trinajstić information content (AvgIpc) is 3.27. The van der Waals surface area contributed by atoms with Crippen molar-refractivity contribution >= 4 is 15.7 Å². The summed E-state index contributed by atoms with van der Waals surface area (Å²) in [5, 5.41) is 11.0. The third-order valence-corrected chi connectivity index (χ3v) is 6.08. The normalized spacial score (nSPS) is 18.6. The number of nitrogens with zero attached hydrogens (tertiary/aromatic N) is 5. The molecule has 0 spiro atoms. The molecule has 3 rings (SSSR count). The Morgan fingerprint density at radius 3 is 2.85 bits per heavy atom. The molecule has 1 aromatic heterocycles. The fourth-order valence-corrected chi connectivity index (χ4v) is 4.82. The average molecular weight is 393 g/mol. The SMILES string of the molecule is CC(C)CN(C(=O)COc1cccc(-n2cnnn2)c1)C1CCS(=O)(=O)C1. The third-order valence-electron chi connectivity index (χ3n) is 4.32. The predicted octanol–water partition coefficient (Wildman–Crippen LogP) is 0.713. The molecule has 0 aliphatic carbocycles. The van der Waals surface area contributed by atoms with Gasteiger partial charge in [0.1, 0.15) is 12.1 Å². The van der Waals surface area contributed by atoms with Gasteiger partial charge in [0.15, 0.2) is 16.4 Å². The Kier molecular flexibility index (Phi) is 5.73. The van der Waals surface area contributed by atoms with Gasteiger partial charge in [-0.15, -0.1) is 5.10 Å². The zero-order valence-electron chi connectivity index (χ0n) is 15.4. The standard InChI is InChI=1S/C17H23N5O4S/c1-13(2)9-21(15-6-7-27(24,25)11-15)17(23)10-26-16-5-3-4-14(8-16)22-12-18-19-20-22/h3-5,8,12-13,15H,6-7,9-11H2,1-2H3. The third kappa shape index (κ3) is 5.03. The van der Waals surface area contributed by atoms with Gasteiger partial charge >= 0.3 is 0 Å². The van der Waals surface area contributed by atoms with Crippen LogP contribution in [-0.4, -0.2) is 70.1 Å². The molecule has 146 valence electrons. The van der Waals surface area contributed by atoms with Crippen LogP contribution in [0.1, 0.15) is 20.3 Å². The van der Waals surface area contributed by atoms with Crippen LogP contribution in [0.4, 0.5) is 0 Å². The number of rotatable bonds is 7. The van der Waals surface area contributed by atoms with Crippen molar-refractivity contribution < 1.29 is 17.9 Å². The maximum Gasteiger partial charge on any atom is 0.260 e. The minimum Gasteiger partial charge on any atom is -0.484 e. The van der Waals surface area contributed by atoms with Crippen molar-refractivity contribution in [1.82, 2.24) is 25.1 Å². The summed E-state index contributed by atoms with van der Waals surface area (Å²) in [5.74, 6) is 0.702. The lowest BCUT2D eigenvalue weighted by Gasteiger charge is -2.30. The van der Waals surface area contributed by atoms with Gasteiger partial charge in [0, 0.05) is 18.7 Å². The van der Waals surface area contributed by atoms with E-state index in [-0.39, 0.29) is 36.0 Å². The van der Waals surface area contributed by atoms with Gasteiger partial charge in [0.2, 0.25) is 0 Å². The Bertz CT molecular complexity index is 882. The molecule has 1 fully saturated rings. The first-order chi connectivity index (χ1) is 12.8.